The number of aryl methyl sites for hydroxylation is 1. The number of rotatable bonds is 2. The molecule has 0 unspecified atom stereocenters. The van der Waals surface area contributed by atoms with Crippen molar-refractivity contribution in [3.8, 4) is 0 Å². The van der Waals surface area contributed by atoms with Crippen LogP contribution in [0.3, 0.4) is 0 Å². The van der Waals surface area contributed by atoms with Crippen molar-refractivity contribution >= 4 is 22.4 Å². The van der Waals surface area contributed by atoms with Gasteiger partial charge in [0.25, 0.3) is 5.91 Å². The summed E-state index contributed by atoms with van der Waals surface area (Å²) in [5.41, 5.74) is 4.37. The van der Waals surface area contributed by atoms with Gasteiger partial charge in [-0.3, -0.25) is 4.79 Å². The van der Waals surface area contributed by atoms with Crippen molar-refractivity contribution in [1.82, 2.24) is 0 Å². The van der Waals surface area contributed by atoms with Crippen molar-refractivity contribution in [1.29, 1.82) is 0 Å². The van der Waals surface area contributed by atoms with Gasteiger partial charge in [0.2, 0.25) is 0 Å². The molecule has 114 valence electrons. The van der Waals surface area contributed by atoms with Crippen LogP contribution >= 0.6 is 0 Å². The lowest BCUT2D eigenvalue weighted by Gasteiger charge is -2.19. The first-order valence-electron chi connectivity index (χ1n) is 8.22. The van der Waals surface area contributed by atoms with Gasteiger partial charge in [0.05, 0.1) is 0 Å². The molecule has 23 heavy (non-hydrogen) atoms. The first-order valence-corrected chi connectivity index (χ1v) is 8.22. The minimum atomic E-state index is -0.0327. The first kappa shape index (κ1) is 14.0. The Labute approximate surface area is 136 Å². The second-order valence-electron chi connectivity index (χ2n) is 6.17. The van der Waals surface area contributed by atoms with E-state index in [9.17, 15) is 4.79 Å². The smallest absolute Gasteiger partial charge is 0.255 e. The van der Waals surface area contributed by atoms with Crippen LogP contribution in [0.5, 0.6) is 0 Å². The van der Waals surface area contributed by atoms with Crippen LogP contribution in [0.2, 0.25) is 0 Å². The molecule has 1 amide bonds. The summed E-state index contributed by atoms with van der Waals surface area (Å²) in [5, 5.41) is 5.36. The zero-order valence-electron chi connectivity index (χ0n) is 13.0. The molecule has 4 rings (SSSR count). The van der Waals surface area contributed by atoms with Crippen LogP contribution in [-0.2, 0) is 12.8 Å². The van der Waals surface area contributed by atoms with Gasteiger partial charge in [0, 0.05) is 11.3 Å². The van der Waals surface area contributed by atoms with Crippen LogP contribution in [0.4, 0.5) is 5.69 Å². The molecule has 0 aliphatic heterocycles. The second-order valence-corrected chi connectivity index (χ2v) is 6.17. The van der Waals surface area contributed by atoms with Gasteiger partial charge >= 0.3 is 0 Å². The summed E-state index contributed by atoms with van der Waals surface area (Å²) in [6.45, 7) is 0. The maximum Gasteiger partial charge on any atom is 0.255 e. The lowest BCUT2D eigenvalue weighted by molar-refractivity contribution is 0.102. The van der Waals surface area contributed by atoms with Crippen molar-refractivity contribution in [3.63, 3.8) is 0 Å². The Morgan fingerprint density at radius 2 is 1.65 bits per heavy atom. The fraction of sp³-hybridized carbons (Fsp3) is 0.190. The minimum absolute atomic E-state index is 0.0327. The van der Waals surface area contributed by atoms with Crippen molar-refractivity contribution in [2.75, 3.05) is 5.32 Å². The molecule has 3 aromatic rings. The molecule has 0 heterocycles. The van der Waals surface area contributed by atoms with Crippen molar-refractivity contribution in [2.45, 2.75) is 25.7 Å². The number of benzene rings is 3. The molecule has 0 atom stereocenters. The van der Waals surface area contributed by atoms with E-state index < -0.39 is 0 Å². The highest BCUT2D eigenvalue weighted by Gasteiger charge is 2.15. The number of fused-ring (bicyclic) bond motifs is 2. The molecule has 0 saturated heterocycles. The standard InChI is InChI=1S/C21H19NO/c23-21(18-13-12-15-6-1-2-8-17(15)14-18)22-20-11-5-9-16-7-3-4-10-19(16)20/h1-2,5-6,8-9,11-14H,3-4,7,10H2,(H,22,23). The van der Waals surface area contributed by atoms with Crippen LogP contribution in [0.15, 0.2) is 60.7 Å². The summed E-state index contributed by atoms with van der Waals surface area (Å²) in [5.74, 6) is -0.0327. The highest BCUT2D eigenvalue weighted by Crippen LogP contribution is 2.28. The number of carbonyl (C=O) groups excluding carboxylic acids is 1. The van der Waals surface area contributed by atoms with Gasteiger partial charge in [-0.2, -0.15) is 0 Å². The summed E-state index contributed by atoms with van der Waals surface area (Å²) < 4.78 is 0. The van der Waals surface area contributed by atoms with Crippen molar-refractivity contribution in [2.24, 2.45) is 0 Å². The van der Waals surface area contributed by atoms with E-state index in [1.807, 2.05) is 48.5 Å². The molecule has 1 aliphatic carbocycles. The van der Waals surface area contributed by atoms with Crippen LogP contribution in [-0.4, -0.2) is 5.91 Å². The third kappa shape index (κ3) is 2.72. The molecule has 0 aromatic heterocycles. The fourth-order valence-corrected chi connectivity index (χ4v) is 3.42. The van der Waals surface area contributed by atoms with E-state index in [1.165, 1.54) is 24.0 Å². The van der Waals surface area contributed by atoms with Crippen LogP contribution < -0.4 is 5.32 Å². The Kier molecular flexibility index (Phi) is 3.58. The molecular weight excluding hydrogens is 282 g/mol. The van der Waals surface area contributed by atoms with Crippen molar-refractivity contribution < 1.29 is 4.79 Å². The molecule has 0 saturated carbocycles. The molecule has 0 spiro atoms. The van der Waals surface area contributed by atoms with E-state index in [2.05, 4.69) is 17.4 Å². The van der Waals surface area contributed by atoms with Crippen LogP contribution in [0, 0.1) is 0 Å². The summed E-state index contributed by atoms with van der Waals surface area (Å²) in [4.78, 5) is 12.6. The monoisotopic (exact) mass is 301 g/mol. The van der Waals surface area contributed by atoms with Gasteiger partial charge in [-0.25, -0.2) is 0 Å². The van der Waals surface area contributed by atoms with Crippen LogP contribution in [0.1, 0.15) is 34.3 Å². The molecule has 3 aromatic carbocycles. The third-order valence-electron chi connectivity index (χ3n) is 4.66. The van der Waals surface area contributed by atoms with Gasteiger partial charge in [-0.05, 0) is 65.8 Å². The molecule has 0 bridgehead atoms. The number of amides is 1. The number of nitrogens with one attached hydrogen (secondary N) is 1. The Morgan fingerprint density at radius 3 is 2.57 bits per heavy atom. The predicted molar refractivity (Wildman–Crippen MR) is 95.0 cm³/mol. The van der Waals surface area contributed by atoms with Crippen molar-refractivity contribution in [3.05, 3.63) is 77.4 Å². The van der Waals surface area contributed by atoms with E-state index in [1.54, 1.807) is 0 Å². The van der Waals surface area contributed by atoms with E-state index in [-0.39, 0.29) is 5.91 Å². The van der Waals surface area contributed by atoms with Gasteiger partial charge in [-0.1, -0.05) is 42.5 Å². The maximum absolute atomic E-state index is 12.6. The molecule has 2 heteroatoms. The topological polar surface area (TPSA) is 29.1 Å². The lowest BCUT2D eigenvalue weighted by atomic mass is 9.90. The average molecular weight is 301 g/mol. The Bertz CT molecular complexity index is 882. The van der Waals surface area contributed by atoms with Gasteiger partial charge in [0.15, 0.2) is 0 Å². The third-order valence-corrected chi connectivity index (χ3v) is 4.66. The fourth-order valence-electron chi connectivity index (χ4n) is 3.42. The second kappa shape index (κ2) is 5.88. The Balaban J connectivity index is 1.64. The van der Waals surface area contributed by atoms with E-state index in [0.29, 0.717) is 5.56 Å². The van der Waals surface area contributed by atoms with E-state index in [4.69, 9.17) is 0 Å². The minimum Gasteiger partial charge on any atom is -0.322 e. The lowest BCUT2D eigenvalue weighted by Crippen LogP contribution is -2.15. The van der Waals surface area contributed by atoms with Gasteiger partial charge < -0.3 is 5.32 Å². The Morgan fingerprint density at radius 1 is 0.826 bits per heavy atom. The number of anilines is 1. The predicted octanol–water partition coefficient (Wildman–Crippen LogP) is 4.97. The molecular formula is C21H19NO. The summed E-state index contributed by atoms with van der Waals surface area (Å²) in [6.07, 6.45) is 4.63. The van der Waals surface area contributed by atoms with E-state index in [0.717, 1.165) is 29.3 Å². The highest BCUT2D eigenvalue weighted by atomic mass is 16.1. The number of hydrogen-bond donors (Lipinski definition) is 1. The molecule has 0 fully saturated rings. The van der Waals surface area contributed by atoms with E-state index >= 15 is 0 Å². The molecule has 2 nitrogen and oxygen atoms in total. The van der Waals surface area contributed by atoms with Crippen LogP contribution in [0.25, 0.3) is 10.8 Å². The first-order chi connectivity index (χ1) is 11.3. The highest BCUT2D eigenvalue weighted by molar-refractivity contribution is 6.06. The largest absolute Gasteiger partial charge is 0.322 e. The zero-order valence-corrected chi connectivity index (χ0v) is 13.0. The zero-order chi connectivity index (χ0) is 15.6. The normalized spacial score (nSPS) is 13.6. The number of hydrogen-bond acceptors (Lipinski definition) is 1. The Hall–Kier alpha value is -2.61. The van der Waals surface area contributed by atoms with Gasteiger partial charge in [-0.15, -0.1) is 0 Å². The quantitative estimate of drug-likeness (QED) is 0.711. The van der Waals surface area contributed by atoms with Gasteiger partial charge in [0.1, 0.15) is 0 Å². The molecule has 1 aliphatic rings. The molecule has 1 N–H and O–H groups in total. The summed E-state index contributed by atoms with van der Waals surface area (Å²) in [7, 11) is 0. The number of carbonyl (C=O) groups is 1. The molecule has 0 radical (unpaired) electrons. The summed E-state index contributed by atoms with van der Waals surface area (Å²) in [6, 6.07) is 20.2. The SMILES string of the molecule is O=C(Nc1cccc2c1CCCC2)c1ccc2ccccc2c1. The maximum atomic E-state index is 12.6. The summed E-state index contributed by atoms with van der Waals surface area (Å²) >= 11 is 0. The average Bonchev–Trinajstić information content (AvgIpc) is 2.61.